The van der Waals surface area contributed by atoms with Gasteiger partial charge >= 0.3 is 0 Å². The molecule has 0 spiro atoms. The Morgan fingerprint density at radius 2 is 1.33 bits per heavy atom. The fraction of sp³-hybridized carbons (Fsp3) is 0.194. The predicted octanol–water partition coefficient (Wildman–Crippen LogP) is 6.42. The molecular formula is C31H25NO. The van der Waals surface area contributed by atoms with Gasteiger partial charge in [0.2, 0.25) is 0 Å². The number of rotatable bonds is 3. The van der Waals surface area contributed by atoms with Crippen molar-refractivity contribution in [2.75, 3.05) is 13.1 Å². The molecule has 0 radical (unpaired) electrons. The molecule has 1 fully saturated rings. The van der Waals surface area contributed by atoms with E-state index in [1.165, 1.54) is 27.5 Å². The summed E-state index contributed by atoms with van der Waals surface area (Å²) in [5.74, 6) is 0.268. The fourth-order valence-corrected chi connectivity index (χ4v) is 6.77. The first-order valence-corrected chi connectivity index (χ1v) is 12.0. The summed E-state index contributed by atoms with van der Waals surface area (Å²) < 4.78 is 0. The maximum Gasteiger partial charge on any atom is 0.189 e. The molecule has 3 aliphatic rings. The lowest BCUT2D eigenvalue weighted by atomic mass is 9.77. The maximum atomic E-state index is 14.9. The summed E-state index contributed by atoms with van der Waals surface area (Å²) in [5, 5.41) is 2.52. The van der Waals surface area contributed by atoms with Gasteiger partial charge in [-0.3, -0.25) is 9.69 Å². The number of likely N-dealkylation sites (tertiary alicyclic amines) is 1. The lowest BCUT2D eigenvalue weighted by Gasteiger charge is -2.40. The number of carbonyl (C=O) groups excluding carboxylic acids is 1. The second kappa shape index (κ2) is 7.00. The number of hydrogen-bond acceptors (Lipinski definition) is 2. The molecule has 0 bridgehead atoms. The monoisotopic (exact) mass is 427 g/mol. The van der Waals surface area contributed by atoms with Crippen molar-refractivity contribution < 1.29 is 4.79 Å². The van der Waals surface area contributed by atoms with Crippen molar-refractivity contribution in [3.63, 3.8) is 0 Å². The number of benzene rings is 4. The zero-order valence-corrected chi connectivity index (χ0v) is 18.5. The zero-order valence-electron chi connectivity index (χ0n) is 18.5. The summed E-state index contributed by atoms with van der Waals surface area (Å²) in [5.41, 5.74) is 6.10. The molecule has 0 unspecified atom stereocenters. The standard InChI is InChI=1S/C31H25NO/c33-30-28(23-13-5-2-6-14-23)27(22-11-3-1-4-12-22)29-24-17-9-15-21-16-10-18-25(26(21)24)31(29,30)32-19-7-8-20-32/h1-6,9-18,29H,7-8,19-20H2/t29-,31-/m0/s1. The molecule has 1 aliphatic heterocycles. The Morgan fingerprint density at radius 1 is 0.697 bits per heavy atom. The first-order chi connectivity index (χ1) is 16.3. The second-order valence-electron chi connectivity index (χ2n) is 9.49. The highest BCUT2D eigenvalue weighted by Crippen LogP contribution is 2.65. The fourth-order valence-electron chi connectivity index (χ4n) is 6.77. The van der Waals surface area contributed by atoms with Crippen LogP contribution in [0.3, 0.4) is 0 Å². The quantitative estimate of drug-likeness (QED) is 0.376. The van der Waals surface area contributed by atoms with E-state index >= 15 is 0 Å². The number of fused-ring (bicyclic) bond motifs is 3. The van der Waals surface area contributed by atoms with E-state index in [0.29, 0.717) is 0 Å². The van der Waals surface area contributed by atoms with Crippen LogP contribution in [0.5, 0.6) is 0 Å². The van der Waals surface area contributed by atoms with Gasteiger partial charge in [-0.2, -0.15) is 0 Å². The number of ketones is 1. The highest BCUT2D eigenvalue weighted by molar-refractivity contribution is 6.38. The summed E-state index contributed by atoms with van der Waals surface area (Å²) in [6.45, 7) is 1.94. The average Bonchev–Trinajstić information content (AvgIpc) is 3.56. The van der Waals surface area contributed by atoms with Gasteiger partial charge in [-0.15, -0.1) is 0 Å². The van der Waals surface area contributed by atoms with Crippen molar-refractivity contribution in [3.8, 4) is 0 Å². The van der Waals surface area contributed by atoms with Gasteiger partial charge < -0.3 is 0 Å². The summed E-state index contributed by atoms with van der Waals surface area (Å²) >= 11 is 0. The van der Waals surface area contributed by atoms with E-state index in [1.54, 1.807) is 0 Å². The van der Waals surface area contributed by atoms with Crippen LogP contribution in [-0.2, 0) is 10.3 Å². The number of hydrogen-bond donors (Lipinski definition) is 0. The molecule has 0 aromatic heterocycles. The zero-order chi connectivity index (χ0) is 22.0. The third-order valence-electron chi connectivity index (χ3n) is 7.96. The normalized spacial score (nSPS) is 24.1. The lowest BCUT2D eigenvalue weighted by molar-refractivity contribution is -0.124. The van der Waals surface area contributed by atoms with Gasteiger partial charge in [-0.1, -0.05) is 97.1 Å². The van der Waals surface area contributed by atoms with E-state index in [2.05, 4.69) is 83.8 Å². The van der Waals surface area contributed by atoms with E-state index in [1.807, 2.05) is 18.2 Å². The van der Waals surface area contributed by atoms with Gasteiger partial charge in [0.1, 0.15) is 5.54 Å². The molecule has 0 saturated carbocycles. The Hall–Kier alpha value is -3.49. The van der Waals surface area contributed by atoms with E-state index in [-0.39, 0.29) is 11.7 Å². The molecule has 4 aromatic rings. The van der Waals surface area contributed by atoms with Gasteiger partial charge in [0, 0.05) is 11.5 Å². The summed E-state index contributed by atoms with van der Waals surface area (Å²) in [6.07, 6.45) is 2.30. The third-order valence-corrected chi connectivity index (χ3v) is 7.96. The lowest BCUT2D eigenvalue weighted by Crippen LogP contribution is -2.50. The van der Waals surface area contributed by atoms with Crippen LogP contribution in [0, 0.1) is 0 Å². The molecule has 2 nitrogen and oxygen atoms in total. The van der Waals surface area contributed by atoms with Crippen LogP contribution < -0.4 is 0 Å². The number of nitrogens with zero attached hydrogens (tertiary/aromatic N) is 1. The Bertz CT molecular complexity index is 1420. The smallest absolute Gasteiger partial charge is 0.189 e. The molecule has 7 rings (SSSR count). The average molecular weight is 428 g/mol. The van der Waals surface area contributed by atoms with E-state index in [0.717, 1.165) is 42.6 Å². The third kappa shape index (κ3) is 2.39. The summed E-state index contributed by atoms with van der Waals surface area (Å²) in [4.78, 5) is 17.4. The van der Waals surface area contributed by atoms with Crippen molar-refractivity contribution in [2.45, 2.75) is 24.3 Å². The SMILES string of the molecule is O=C1C(c2ccccc2)=C(c2ccccc2)[C@@H]2c3cccc4cccc(c34)[C@@]12N1CCCC1. The van der Waals surface area contributed by atoms with Crippen LogP contribution in [0.4, 0.5) is 0 Å². The predicted molar refractivity (Wildman–Crippen MR) is 134 cm³/mol. The Balaban J connectivity index is 1.62. The molecule has 0 N–H and O–H groups in total. The van der Waals surface area contributed by atoms with Crippen LogP contribution >= 0.6 is 0 Å². The molecular weight excluding hydrogens is 402 g/mol. The Labute approximate surface area is 194 Å². The highest BCUT2D eigenvalue weighted by Gasteiger charge is 2.63. The van der Waals surface area contributed by atoms with Gasteiger partial charge in [-0.25, -0.2) is 0 Å². The molecule has 33 heavy (non-hydrogen) atoms. The van der Waals surface area contributed by atoms with Crippen molar-refractivity contribution in [3.05, 3.63) is 119 Å². The molecule has 2 aliphatic carbocycles. The van der Waals surface area contributed by atoms with Crippen molar-refractivity contribution in [1.82, 2.24) is 4.90 Å². The first kappa shape index (κ1) is 19.0. The van der Waals surface area contributed by atoms with Crippen LogP contribution in [-0.4, -0.2) is 23.8 Å². The van der Waals surface area contributed by atoms with Crippen LogP contribution in [0.1, 0.15) is 41.0 Å². The minimum atomic E-state index is -0.657. The second-order valence-corrected chi connectivity index (χ2v) is 9.49. The molecule has 1 heterocycles. The van der Waals surface area contributed by atoms with Crippen molar-refractivity contribution in [2.24, 2.45) is 0 Å². The Kier molecular flexibility index (Phi) is 4.04. The van der Waals surface area contributed by atoms with E-state index in [4.69, 9.17) is 0 Å². The summed E-state index contributed by atoms with van der Waals surface area (Å²) in [7, 11) is 0. The number of carbonyl (C=O) groups is 1. The van der Waals surface area contributed by atoms with Crippen molar-refractivity contribution >= 4 is 27.7 Å². The molecule has 160 valence electrons. The van der Waals surface area contributed by atoms with Crippen LogP contribution in [0.2, 0.25) is 0 Å². The van der Waals surface area contributed by atoms with Gasteiger partial charge in [0.15, 0.2) is 5.78 Å². The molecule has 0 amide bonds. The molecule has 2 heteroatoms. The molecule has 2 atom stereocenters. The van der Waals surface area contributed by atoms with Crippen LogP contribution in [0.25, 0.3) is 21.9 Å². The highest BCUT2D eigenvalue weighted by atomic mass is 16.1. The molecule has 4 aromatic carbocycles. The van der Waals surface area contributed by atoms with Gasteiger partial charge in [0.25, 0.3) is 0 Å². The van der Waals surface area contributed by atoms with E-state index < -0.39 is 5.54 Å². The molecule has 1 saturated heterocycles. The Morgan fingerprint density at radius 3 is 2.03 bits per heavy atom. The minimum Gasteiger partial charge on any atom is -0.292 e. The van der Waals surface area contributed by atoms with Gasteiger partial charge in [0.05, 0.1) is 0 Å². The topological polar surface area (TPSA) is 20.3 Å². The van der Waals surface area contributed by atoms with Crippen LogP contribution in [0.15, 0.2) is 97.1 Å². The largest absolute Gasteiger partial charge is 0.292 e. The van der Waals surface area contributed by atoms with Gasteiger partial charge in [-0.05, 0) is 64.5 Å². The first-order valence-electron chi connectivity index (χ1n) is 12.0. The summed E-state index contributed by atoms with van der Waals surface area (Å²) in [6, 6.07) is 34.1. The van der Waals surface area contributed by atoms with Crippen molar-refractivity contribution in [1.29, 1.82) is 0 Å². The van der Waals surface area contributed by atoms with E-state index in [9.17, 15) is 4.79 Å². The number of Topliss-reactive ketones (excluding diaryl/α,β-unsaturated/α-hetero) is 1. The maximum absolute atomic E-state index is 14.9. The minimum absolute atomic E-state index is 0.00167.